The molecule has 0 bridgehead atoms. The van der Waals surface area contributed by atoms with Crippen LogP contribution in [0.15, 0.2) is 46.1 Å². The van der Waals surface area contributed by atoms with Crippen LogP contribution in [0.3, 0.4) is 0 Å². The summed E-state index contributed by atoms with van der Waals surface area (Å²) in [6.45, 7) is 6.47. The minimum Gasteiger partial charge on any atom is -0.322 e. The molecule has 1 aromatic heterocycles. The summed E-state index contributed by atoms with van der Waals surface area (Å²) < 4.78 is 30.1. The fourth-order valence-corrected chi connectivity index (χ4v) is 6.27. The summed E-state index contributed by atoms with van der Waals surface area (Å²) in [5.41, 5.74) is 2.37. The van der Waals surface area contributed by atoms with E-state index in [-0.39, 0.29) is 15.7 Å². The van der Waals surface area contributed by atoms with Gasteiger partial charge in [-0.05, 0) is 56.8 Å². The Hall–Kier alpha value is -2.53. The largest absolute Gasteiger partial charge is 0.322 e. The number of nitrogens with one attached hydrogen (secondary N) is 1. The van der Waals surface area contributed by atoms with Crippen molar-refractivity contribution in [3.8, 4) is 0 Å². The lowest BCUT2D eigenvalue weighted by molar-refractivity contribution is 0.102. The number of piperazine rings is 1. The fraction of sp³-hybridized carbons (Fsp3) is 0.364. The predicted molar refractivity (Wildman–Crippen MR) is 127 cm³/mol. The van der Waals surface area contributed by atoms with Crippen molar-refractivity contribution in [2.24, 2.45) is 0 Å². The summed E-state index contributed by atoms with van der Waals surface area (Å²) in [5, 5.41) is 2.84. The molecule has 1 aliphatic rings. The van der Waals surface area contributed by atoms with Gasteiger partial charge in [0.25, 0.3) is 5.91 Å². The third kappa shape index (κ3) is 4.23. The molecule has 2 aromatic carbocycles. The van der Waals surface area contributed by atoms with E-state index in [1.165, 1.54) is 10.4 Å². The highest BCUT2D eigenvalue weighted by molar-refractivity contribution is 7.89. The number of amides is 1. The van der Waals surface area contributed by atoms with Crippen molar-refractivity contribution in [1.82, 2.24) is 13.8 Å². The smallest absolute Gasteiger partial charge is 0.308 e. The molecule has 10 heteroatoms. The number of aromatic nitrogens is 1. The first kappa shape index (κ1) is 22.7. The monoisotopic (exact) mass is 474 g/mol. The van der Waals surface area contributed by atoms with Crippen molar-refractivity contribution in [3.05, 3.63) is 57.2 Å². The van der Waals surface area contributed by atoms with Gasteiger partial charge in [-0.1, -0.05) is 17.4 Å². The highest BCUT2D eigenvalue weighted by Crippen LogP contribution is 2.24. The van der Waals surface area contributed by atoms with E-state index in [9.17, 15) is 18.0 Å². The van der Waals surface area contributed by atoms with Crippen molar-refractivity contribution in [3.63, 3.8) is 0 Å². The van der Waals surface area contributed by atoms with Crippen LogP contribution >= 0.6 is 11.3 Å². The van der Waals surface area contributed by atoms with E-state index in [2.05, 4.69) is 10.2 Å². The topological polar surface area (TPSA) is 91.7 Å². The molecule has 3 aromatic rings. The number of benzene rings is 2. The first-order chi connectivity index (χ1) is 15.2. The third-order valence-electron chi connectivity index (χ3n) is 5.80. The molecule has 0 saturated carbocycles. The van der Waals surface area contributed by atoms with Crippen LogP contribution in [-0.4, -0.2) is 61.3 Å². The van der Waals surface area contributed by atoms with E-state index in [1.54, 1.807) is 35.8 Å². The zero-order valence-corrected chi connectivity index (χ0v) is 19.9. The molecule has 0 spiro atoms. The summed E-state index contributed by atoms with van der Waals surface area (Å²) in [7, 11) is -1.71. The molecular weight excluding hydrogens is 448 g/mol. The number of rotatable bonds is 5. The molecular formula is C22H26N4O4S2. The second-order valence-electron chi connectivity index (χ2n) is 7.93. The average Bonchev–Trinajstić information content (AvgIpc) is 3.08. The first-order valence-electron chi connectivity index (χ1n) is 10.4. The van der Waals surface area contributed by atoms with Gasteiger partial charge in [-0.15, -0.1) is 0 Å². The lowest BCUT2D eigenvalue weighted by atomic mass is 10.1. The second kappa shape index (κ2) is 8.78. The van der Waals surface area contributed by atoms with Crippen LogP contribution in [0, 0.1) is 6.92 Å². The number of aryl methyl sites for hydroxylation is 2. The SMILES string of the molecule is CCn1c(=O)sc2cc(NC(=O)c3cc(S(=O)(=O)N4CCN(C)CC4)ccc3C)ccc21. The van der Waals surface area contributed by atoms with Crippen molar-refractivity contribution >= 4 is 43.2 Å². The Morgan fingerprint density at radius 1 is 1.09 bits per heavy atom. The Kier molecular flexibility index (Phi) is 6.22. The van der Waals surface area contributed by atoms with E-state index < -0.39 is 10.0 Å². The van der Waals surface area contributed by atoms with Gasteiger partial charge in [0.15, 0.2) is 0 Å². The number of fused-ring (bicyclic) bond motifs is 1. The van der Waals surface area contributed by atoms with Crippen LogP contribution in [0.5, 0.6) is 0 Å². The molecule has 1 aliphatic heterocycles. The molecule has 4 rings (SSSR count). The molecule has 1 fully saturated rings. The van der Waals surface area contributed by atoms with E-state index in [1.807, 2.05) is 20.0 Å². The minimum atomic E-state index is -3.67. The maximum Gasteiger partial charge on any atom is 0.308 e. The van der Waals surface area contributed by atoms with E-state index in [4.69, 9.17) is 0 Å². The molecule has 2 heterocycles. The first-order valence-corrected chi connectivity index (χ1v) is 12.7. The van der Waals surface area contributed by atoms with Gasteiger partial charge in [0, 0.05) is 44.0 Å². The van der Waals surface area contributed by atoms with Crippen LogP contribution in [0.4, 0.5) is 5.69 Å². The number of thiazole rings is 1. The molecule has 0 atom stereocenters. The summed E-state index contributed by atoms with van der Waals surface area (Å²) in [5.74, 6) is -0.389. The van der Waals surface area contributed by atoms with E-state index >= 15 is 0 Å². The summed E-state index contributed by atoms with van der Waals surface area (Å²) in [6.07, 6.45) is 0. The highest BCUT2D eigenvalue weighted by atomic mass is 32.2. The van der Waals surface area contributed by atoms with Gasteiger partial charge in [-0.2, -0.15) is 4.31 Å². The van der Waals surface area contributed by atoms with Gasteiger partial charge in [-0.25, -0.2) is 8.42 Å². The summed E-state index contributed by atoms with van der Waals surface area (Å²) in [6, 6.07) is 9.99. The van der Waals surface area contributed by atoms with Crippen molar-refractivity contribution in [2.75, 3.05) is 38.5 Å². The van der Waals surface area contributed by atoms with Crippen LogP contribution in [0.25, 0.3) is 10.2 Å². The summed E-state index contributed by atoms with van der Waals surface area (Å²) in [4.78, 5) is 27.3. The second-order valence-corrected chi connectivity index (χ2v) is 10.9. The number of sulfonamides is 1. The number of likely N-dealkylation sites (N-methyl/N-ethyl adjacent to an activating group) is 1. The van der Waals surface area contributed by atoms with Gasteiger partial charge < -0.3 is 10.2 Å². The number of hydrogen-bond donors (Lipinski definition) is 1. The summed E-state index contributed by atoms with van der Waals surface area (Å²) >= 11 is 1.13. The van der Waals surface area contributed by atoms with E-state index in [0.717, 1.165) is 21.6 Å². The Balaban J connectivity index is 1.60. The molecule has 8 nitrogen and oxygen atoms in total. The standard InChI is InChI=1S/C22H26N4O4S2/c1-4-26-19-8-6-16(13-20(19)31-22(26)28)23-21(27)18-14-17(7-5-15(18)2)32(29,30)25-11-9-24(3)10-12-25/h5-8,13-14H,4,9-12H2,1-3H3,(H,23,27). The third-order valence-corrected chi connectivity index (χ3v) is 8.63. The Morgan fingerprint density at radius 2 is 1.81 bits per heavy atom. The normalized spacial score (nSPS) is 15.8. The number of nitrogens with zero attached hydrogens (tertiary/aromatic N) is 3. The average molecular weight is 475 g/mol. The van der Waals surface area contributed by atoms with Crippen LogP contribution in [-0.2, 0) is 16.6 Å². The maximum atomic E-state index is 13.1. The van der Waals surface area contributed by atoms with Gasteiger partial charge in [0.05, 0.1) is 15.1 Å². The Labute approximate surface area is 191 Å². The Morgan fingerprint density at radius 3 is 2.50 bits per heavy atom. The van der Waals surface area contributed by atoms with Crippen LogP contribution in [0.1, 0.15) is 22.8 Å². The van der Waals surface area contributed by atoms with Crippen LogP contribution < -0.4 is 10.2 Å². The van der Waals surface area contributed by atoms with Crippen molar-refractivity contribution in [2.45, 2.75) is 25.3 Å². The number of carbonyl (C=O) groups is 1. The van der Waals surface area contributed by atoms with Gasteiger partial charge in [0.2, 0.25) is 10.0 Å². The maximum absolute atomic E-state index is 13.1. The van der Waals surface area contributed by atoms with Gasteiger partial charge in [-0.3, -0.25) is 14.2 Å². The van der Waals surface area contributed by atoms with E-state index in [0.29, 0.717) is 49.5 Å². The lowest BCUT2D eigenvalue weighted by Gasteiger charge is -2.31. The molecule has 1 amide bonds. The molecule has 0 unspecified atom stereocenters. The Bertz CT molecular complexity index is 1340. The molecule has 170 valence electrons. The predicted octanol–water partition coefficient (Wildman–Crippen LogP) is 2.58. The molecule has 1 saturated heterocycles. The quantitative estimate of drug-likeness (QED) is 0.614. The fourth-order valence-electron chi connectivity index (χ4n) is 3.83. The minimum absolute atomic E-state index is 0.0383. The number of hydrogen-bond acceptors (Lipinski definition) is 6. The zero-order chi connectivity index (χ0) is 23.0. The van der Waals surface area contributed by atoms with Crippen molar-refractivity contribution < 1.29 is 13.2 Å². The van der Waals surface area contributed by atoms with Crippen LogP contribution in [0.2, 0.25) is 0 Å². The lowest BCUT2D eigenvalue weighted by Crippen LogP contribution is -2.47. The molecule has 0 radical (unpaired) electrons. The molecule has 32 heavy (non-hydrogen) atoms. The number of anilines is 1. The molecule has 1 N–H and O–H groups in total. The van der Waals surface area contributed by atoms with Gasteiger partial charge >= 0.3 is 4.87 Å². The highest BCUT2D eigenvalue weighted by Gasteiger charge is 2.28. The number of carbonyl (C=O) groups excluding carboxylic acids is 1. The van der Waals surface area contributed by atoms with Gasteiger partial charge in [0.1, 0.15) is 0 Å². The molecule has 0 aliphatic carbocycles. The zero-order valence-electron chi connectivity index (χ0n) is 18.3. The van der Waals surface area contributed by atoms with Crippen molar-refractivity contribution in [1.29, 1.82) is 0 Å².